The summed E-state index contributed by atoms with van der Waals surface area (Å²) in [6, 6.07) is 4.27. The number of aliphatic hydroxyl groups excluding tert-OH is 1. The van der Waals surface area contributed by atoms with Crippen molar-refractivity contribution in [3.05, 3.63) is 28.3 Å². The third-order valence-corrected chi connectivity index (χ3v) is 2.20. The minimum Gasteiger partial charge on any atom is -0.397 e. The molecule has 88 valence electrons. The summed E-state index contributed by atoms with van der Waals surface area (Å²) >= 11 is 0. The van der Waals surface area contributed by atoms with Crippen LogP contribution < -0.4 is 11.1 Å². The molecule has 6 heteroatoms. The molecule has 0 spiro atoms. The Morgan fingerprint density at radius 2 is 2.31 bits per heavy atom. The number of anilines is 2. The third-order valence-electron chi connectivity index (χ3n) is 2.20. The third kappa shape index (κ3) is 3.09. The van der Waals surface area contributed by atoms with E-state index in [2.05, 4.69) is 5.32 Å². The van der Waals surface area contributed by atoms with Crippen molar-refractivity contribution in [1.29, 1.82) is 0 Å². The van der Waals surface area contributed by atoms with Gasteiger partial charge in [0.2, 0.25) is 0 Å². The normalized spacial score (nSPS) is 12.1. The molecule has 0 radical (unpaired) electrons. The lowest BCUT2D eigenvalue weighted by Crippen LogP contribution is -2.15. The molecule has 16 heavy (non-hydrogen) atoms. The molecular weight excluding hydrogens is 210 g/mol. The Bertz CT molecular complexity index is 382. The number of nitro groups is 1. The van der Waals surface area contributed by atoms with Crippen molar-refractivity contribution in [2.24, 2.45) is 5.92 Å². The van der Waals surface area contributed by atoms with E-state index in [4.69, 9.17) is 10.8 Å². The van der Waals surface area contributed by atoms with Gasteiger partial charge < -0.3 is 16.2 Å². The van der Waals surface area contributed by atoms with Crippen LogP contribution in [0.25, 0.3) is 0 Å². The van der Waals surface area contributed by atoms with Crippen LogP contribution in [-0.4, -0.2) is 23.2 Å². The monoisotopic (exact) mass is 225 g/mol. The molecule has 1 atom stereocenters. The maximum atomic E-state index is 10.5. The van der Waals surface area contributed by atoms with E-state index in [1.807, 2.05) is 6.92 Å². The molecule has 1 rings (SSSR count). The Morgan fingerprint density at radius 3 is 2.81 bits per heavy atom. The zero-order valence-electron chi connectivity index (χ0n) is 9.01. The van der Waals surface area contributed by atoms with Gasteiger partial charge in [0.15, 0.2) is 0 Å². The number of non-ortho nitro benzene ring substituents is 1. The molecule has 1 aromatic rings. The number of rotatable bonds is 5. The van der Waals surface area contributed by atoms with Crippen molar-refractivity contribution in [2.45, 2.75) is 6.92 Å². The number of nitro benzene ring substituents is 1. The number of nitrogens with two attached hydrogens (primary N) is 1. The fourth-order valence-corrected chi connectivity index (χ4v) is 1.17. The second-order valence-electron chi connectivity index (χ2n) is 3.70. The van der Waals surface area contributed by atoms with E-state index in [-0.39, 0.29) is 18.2 Å². The first kappa shape index (κ1) is 12.3. The van der Waals surface area contributed by atoms with Crippen LogP contribution >= 0.6 is 0 Å². The fraction of sp³-hybridized carbons (Fsp3) is 0.400. The fourth-order valence-electron chi connectivity index (χ4n) is 1.17. The van der Waals surface area contributed by atoms with E-state index in [0.717, 1.165) is 0 Å². The summed E-state index contributed by atoms with van der Waals surface area (Å²) in [4.78, 5) is 9.98. The highest BCUT2D eigenvalue weighted by Crippen LogP contribution is 2.24. The van der Waals surface area contributed by atoms with Crippen LogP contribution in [-0.2, 0) is 0 Å². The Balaban J connectivity index is 2.72. The highest BCUT2D eigenvalue weighted by Gasteiger charge is 2.08. The highest BCUT2D eigenvalue weighted by atomic mass is 16.6. The number of nitrogen functional groups attached to an aromatic ring is 1. The Hall–Kier alpha value is -1.82. The average Bonchev–Trinajstić information content (AvgIpc) is 2.26. The molecule has 0 aliphatic carbocycles. The average molecular weight is 225 g/mol. The predicted octanol–water partition coefficient (Wildman–Crippen LogP) is 1.22. The van der Waals surface area contributed by atoms with Crippen molar-refractivity contribution < 1.29 is 10.0 Å². The number of hydrogen-bond acceptors (Lipinski definition) is 5. The summed E-state index contributed by atoms with van der Waals surface area (Å²) in [5.41, 5.74) is 6.61. The van der Waals surface area contributed by atoms with Gasteiger partial charge in [0, 0.05) is 25.3 Å². The van der Waals surface area contributed by atoms with Gasteiger partial charge in [-0.3, -0.25) is 10.1 Å². The SMILES string of the molecule is CC(CO)CNc1ccc([N+](=O)[O-])cc1N. The lowest BCUT2D eigenvalue weighted by molar-refractivity contribution is -0.384. The molecular formula is C10H15N3O3. The summed E-state index contributed by atoms with van der Waals surface area (Å²) in [5, 5.41) is 22.3. The molecule has 0 amide bonds. The lowest BCUT2D eigenvalue weighted by atomic mass is 10.2. The van der Waals surface area contributed by atoms with E-state index in [9.17, 15) is 10.1 Å². The summed E-state index contributed by atoms with van der Waals surface area (Å²) < 4.78 is 0. The standard InChI is InChI=1S/C10H15N3O3/c1-7(6-14)5-12-10-3-2-8(13(15)16)4-9(10)11/h2-4,7,12,14H,5-6,11H2,1H3. The summed E-state index contributed by atoms with van der Waals surface area (Å²) in [5.74, 6) is 0.106. The first-order valence-corrected chi connectivity index (χ1v) is 4.93. The maximum absolute atomic E-state index is 10.5. The van der Waals surface area contributed by atoms with Crippen LogP contribution in [0.1, 0.15) is 6.92 Å². The van der Waals surface area contributed by atoms with Crippen LogP contribution in [0.15, 0.2) is 18.2 Å². The van der Waals surface area contributed by atoms with Gasteiger partial charge in [-0.05, 0) is 12.0 Å². The van der Waals surface area contributed by atoms with E-state index in [0.29, 0.717) is 17.9 Å². The van der Waals surface area contributed by atoms with Gasteiger partial charge >= 0.3 is 0 Å². The molecule has 0 fully saturated rings. The zero-order valence-corrected chi connectivity index (χ0v) is 9.01. The second kappa shape index (κ2) is 5.32. The van der Waals surface area contributed by atoms with Crippen LogP contribution in [0.5, 0.6) is 0 Å². The van der Waals surface area contributed by atoms with Crippen molar-refractivity contribution in [3.8, 4) is 0 Å². The molecule has 0 aliphatic rings. The smallest absolute Gasteiger partial charge is 0.271 e. The molecule has 0 aliphatic heterocycles. The van der Waals surface area contributed by atoms with Crippen LogP contribution in [0.2, 0.25) is 0 Å². The zero-order chi connectivity index (χ0) is 12.1. The Morgan fingerprint density at radius 1 is 1.62 bits per heavy atom. The van der Waals surface area contributed by atoms with E-state index < -0.39 is 4.92 Å². The first-order chi connectivity index (χ1) is 7.54. The van der Waals surface area contributed by atoms with Crippen LogP contribution in [0.4, 0.5) is 17.1 Å². The van der Waals surface area contributed by atoms with Crippen molar-refractivity contribution in [1.82, 2.24) is 0 Å². The minimum absolute atomic E-state index is 0.0294. The van der Waals surface area contributed by atoms with Gasteiger partial charge in [-0.25, -0.2) is 0 Å². The molecule has 0 bridgehead atoms. The molecule has 1 unspecified atom stereocenters. The van der Waals surface area contributed by atoms with Gasteiger partial charge in [0.1, 0.15) is 0 Å². The van der Waals surface area contributed by atoms with Crippen molar-refractivity contribution >= 4 is 17.1 Å². The number of nitrogens with zero attached hydrogens (tertiary/aromatic N) is 1. The quantitative estimate of drug-likeness (QED) is 0.397. The topological polar surface area (TPSA) is 101 Å². The molecule has 6 nitrogen and oxygen atoms in total. The Labute approximate surface area is 93.2 Å². The van der Waals surface area contributed by atoms with Crippen molar-refractivity contribution in [3.63, 3.8) is 0 Å². The molecule has 4 N–H and O–H groups in total. The first-order valence-electron chi connectivity index (χ1n) is 4.93. The Kier molecular flexibility index (Phi) is 4.07. The van der Waals surface area contributed by atoms with Crippen LogP contribution in [0.3, 0.4) is 0 Å². The summed E-state index contributed by atoms with van der Waals surface area (Å²) in [7, 11) is 0. The van der Waals surface area contributed by atoms with Gasteiger partial charge in [-0.2, -0.15) is 0 Å². The molecule has 1 aromatic carbocycles. The van der Waals surface area contributed by atoms with Gasteiger partial charge in [0.05, 0.1) is 16.3 Å². The number of hydrogen-bond donors (Lipinski definition) is 3. The molecule has 0 saturated heterocycles. The summed E-state index contributed by atoms with van der Waals surface area (Å²) in [6.45, 7) is 2.53. The second-order valence-corrected chi connectivity index (χ2v) is 3.70. The van der Waals surface area contributed by atoms with Gasteiger partial charge in [-0.1, -0.05) is 6.92 Å². The number of aliphatic hydroxyl groups is 1. The van der Waals surface area contributed by atoms with Gasteiger partial charge in [-0.15, -0.1) is 0 Å². The lowest BCUT2D eigenvalue weighted by Gasteiger charge is -2.12. The minimum atomic E-state index is -0.490. The van der Waals surface area contributed by atoms with E-state index >= 15 is 0 Å². The highest BCUT2D eigenvalue weighted by molar-refractivity contribution is 5.69. The van der Waals surface area contributed by atoms with Crippen LogP contribution in [0, 0.1) is 16.0 Å². The summed E-state index contributed by atoms with van der Waals surface area (Å²) in [6.07, 6.45) is 0. The predicted molar refractivity (Wildman–Crippen MR) is 62.2 cm³/mol. The molecule has 0 aromatic heterocycles. The molecule has 0 saturated carbocycles. The van der Waals surface area contributed by atoms with E-state index in [1.165, 1.54) is 12.1 Å². The molecule has 0 heterocycles. The number of nitrogens with one attached hydrogen (secondary N) is 1. The van der Waals surface area contributed by atoms with Crippen molar-refractivity contribution in [2.75, 3.05) is 24.2 Å². The van der Waals surface area contributed by atoms with E-state index in [1.54, 1.807) is 6.07 Å². The van der Waals surface area contributed by atoms with Gasteiger partial charge in [0.25, 0.3) is 5.69 Å². The number of benzene rings is 1. The largest absolute Gasteiger partial charge is 0.397 e. The maximum Gasteiger partial charge on any atom is 0.271 e.